The van der Waals surface area contributed by atoms with Crippen molar-refractivity contribution in [2.45, 2.75) is 32.6 Å². The van der Waals surface area contributed by atoms with Crippen molar-refractivity contribution in [3.05, 3.63) is 33.8 Å². The monoisotopic (exact) mass is 530 g/mol. The van der Waals surface area contributed by atoms with Gasteiger partial charge in [0, 0.05) is 29.0 Å². The minimum atomic E-state index is -0.675. The summed E-state index contributed by atoms with van der Waals surface area (Å²) in [5.74, 6) is -3.92. The normalized spacial score (nSPS) is 32.5. The molecule has 1 saturated carbocycles. The first-order valence-electron chi connectivity index (χ1n) is 11.7. The molecule has 34 heavy (non-hydrogen) atoms. The van der Waals surface area contributed by atoms with Gasteiger partial charge in [0.15, 0.2) is 11.5 Å². The number of hydrogen-bond acceptors (Lipinski definition) is 6. The summed E-state index contributed by atoms with van der Waals surface area (Å²) in [5, 5.41) is 11.1. The first-order valence-corrected chi connectivity index (χ1v) is 12.5. The molecule has 1 aromatic carbocycles. The maximum Gasteiger partial charge on any atom is 0.234 e. The zero-order chi connectivity index (χ0) is 24.5. The summed E-state index contributed by atoms with van der Waals surface area (Å²) in [7, 11) is 1.45. The van der Waals surface area contributed by atoms with Gasteiger partial charge in [-0.05, 0) is 44.7 Å². The van der Waals surface area contributed by atoms with Gasteiger partial charge < -0.3 is 9.84 Å². The van der Waals surface area contributed by atoms with Gasteiger partial charge in [-0.15, -0.1) is 0 Å². The van der Waals surface area contributed by atoms with Gasteiger partial charge in [-0.25, -0.2) is 0 Å². The van der Waals surface area contributed by atoms with E-state index in [1.54, 1.807) is 26.0 Å². The lowest BCUT2D eigenvalue weighted by molar-refractivity contribution is -0.141. The van der Waals surface area contributed by atoms with Gasteiger partial charge in [0.25, 0.3) is 0 Å². The highest BCUT2D eigenvalue weighted by Crippen LogP contribution is 2.59. The van der Waals surface area contributed by atoms with E-state index in [0.717, 1.165) is 5.57 Å². The van der Waals surface area contributed by atoms with Gasteiger partial charge in [0.1, 0.15) is 0 Å². The minimum Gasteiger partial charge on any atom is -0.504 e. The topological polar surface area (TPSA) is 104 Å². The summed E-state index contributed by atoms with van der Waals surface area (Å²) in [5.41, 5.74) is 1.34. The third kappa shape index (κ3) is 3.01. The van der Waals surface area contributed by atoms with Gasteiger partial charge in [-0.2, -0.15) is 0 Å². The summed E-state index contributed by atoms with van der Waals surface area (Å²) in [4.78, 5) is 55.6. The van der Waals surface area contributed by atoms with Crippen LogP contribution in [0.5, 0.6) is 11.5 Å². The average Bonchev–Trinajstić information content (AvgIpc) is 3.22. The molecular weight excluding hydrogens is 504 g/mol. The van der Waals surface area contributed by atoms with Crippen LogP contribution in [0.4, 0.5) is 0 Å². The number of carbonyl (C=O) groups excluding carboxylic acids is 4. The van der Waals surface area contributed by atoms with Crippen LogP contribution in [0, 0.1) is 29.6 Å². The lowest BCUT2D eigenvalue weighted by Gasteiger charge is -2.44. The van der Waals surface area contributed by atoms with Crippen LogP contribution < -0.4 is 4.74 Å². The summed E-state index contributed by atoms with van der Waals surface area (Å²) in [6.45, 7) is 4.13. The van der Waals surface area contributed by atoms with Gasteiger partial charge in [-0.3, -0.25) is 29.0 Å². The molecule has 180 valence electrons. The number of nitrogens with zero attached hydrogens (tertiary/aromatic N) is 2. The molecule has 5 rings (SSSR count). The summed E-state index contributed by atoms with van der Waals surface area (Å²) < 4.78 is 6.02. The predicted molar refractivity (Wildman–Crippen MR) is 125 cm³/mol. The molecule has 2 aliphatic heterocycles. The van der Waals surface area contributed by atoms with Crippen LogP contribution in [0.25, 0.3) is 0 Å². The number of benzene rings is 1. The van der Waals surface area contributed by atoms with E-state index in [1.807, 2.05) is 6.08 Å². The molecule has 4 amide bonds. The fourth-order valence-electron chi connectivity index (χ4n) is 6.68. The van der Waals surface area contributed by atoms with Crippen LogP contribution in [0.1, 0.15) is 38.2 Å². The van der Waals surface area contributed by atoms with Crippen molar-refractivity contribution in [1.82, 2.24) is 9.80 Å². The second-order valence-corrected chi connectivity index (χ2v) is 10.3. The third-order valence-electron chi connectivity index (χ3n) is 8.09. The molecule has 8 nitrogen and oxygen atoms in total. The van der Waals surface area contributed by atoms with Crippen molar-refractivity contribution in [3.8, 4) is 11.5 Å². The standard InChI is InChI=1S/C25H27BrN2O6/c1-4-27-22(30)13-7-6-12-14(19(13)24(27)32)10-16-20(25(33)28(5-2)23(16)31)18(12)15-8-11(26)9-17(34-3)21(15)29/h6,8-9,13-14,16,18-20,29H,4-5,7,10H2,1-3H3. The van der Waals surface area contributed by atoms with E-state index in [9.17, 15) is 24.3 Å². The highest BCUT2D eigenvalue weighted by molar-refractivity contribution is 9.10. The second-order valence-electron chi connectivity index (χ2n) is 9.41. The van der Waals surface area contributed by atoms with Crippen LogP contribution in [0.3, 0.4) is 0 Å². The fourth-order valence-corrected chi connectivity index (χ4v) is 7.13. The van der Waals surface area contributed by atoms with Gasteiger partial charge >= 0.3 is 0 Å². The number of likely N-dealkylation sites (tertiary alicyclic amines) is 2. The molecule has 0 aromatic heterocycles. The van der Waals surface area contributed by atoms with Crippen LogP contribution in [0.15, 0.2) is 28.3 Å². The zero-order valence-corrected chi connectivity index (χ0v) is 20.9. The Kier molecular flexibility index (Phi) is 5.58. The maximum absolute atomic E-state index is 13.5. The first kappa shape index (κ1) is 23.1. The van der Waals surface area contributed by atoms with Crippen molar-refractivity contribution < 1.29 is 29.0 Å². The lowest BCUT2D eigenvalue weighted by atomic mass is 9.57. The molecule has 4 aliphatic rings. The highest BCUT2D eigenvalue weighted by Gasteiger charge is 2.61. The van der Waals surface area contributed by atoms with Gasteiger partial charge in [-0.1, -0.05) is 27.6 Å². The van der Waals surface area contributed by atoms with E-state index in [1.165, 1.54) is 16.9 Å². The largest absolute Gasteiger partial charge is 0.504 e. The van der Waals surface area contributed by atoms with Crippen LogP contribution in [-0.2, 0) is 19.2 Å². The zero-order valence-electron chi connectivity index (χ0n) is 19.3. The molecule has 2 aliphatic carbocycles. The van der Waals surface area contributed by atoms with Gasteiger partial charge in [0.2, 0.25) is 23.6 Å². The molecule has 3 fully saturated rings. The second kappa shape index (κ2) is 8.22. The number of methoxy groups -OCH3 is 1. The molecule has 2 saturated heterocycles. The number of phenolic OH excluding ortho intramolecular Hbond substituents is 1. The van der Waals surface area contributed by atoms with Crippen molar-refractivity contribution in [1.29, 1.82) is 0 Å². The number of halogens is 1. The van der Waals surface area contributed by atoms with Gasteiger partial charge in [0.05, 0.1) is 30.8 Å². The molecule has 6 atom stereocenters. The molecule has 6 unspecified atom stereocenters. The SMILES string of the molecule is CCN1C(=O)C2CC=C3C(CC4C(=O)N(CC)C(=O)C4C3c3cc(Br)cc(OC)c3O)C2C1=O. The molecule has 1 aromatic rings. The van der Waals surface area contributed by atoms with Crippen LogP contribution >= 0.6 is 15.9 Å². The highest BCUT2D eigenvalue weighted by atomic mass is 79.9. The van der Waals surface area contributed by atoms with E-state index < -0.39 is 29.6 Å². The number of amides is 4. The fraction of sp³-hybridized carbons (Fsp3) is 0.520. The average molecular weight is 531 g/mol. The summed E-state index contributed by atoms with van der Waals surface area (Å²) >= 11 is 3.47. The third-order valence-corrected chi connectivity index (χ3v) is 8.55. The van der Waals surface area contributed by atoms with Crippen molar-refractivity contribution >= 4 is 39.6 Å². The van der Waals surface area contributed by atoms with Crippen LogP contribution in [-0.4, -0.2) is 58.7 Å². The molecule has 9 heteroatoms. The van der Waals surface area contributed by atoms with E-state index in [-0.39, 0.29) is 47.6 Å². The van der Waals surface area contributed by atoms with E-state index in [2.05, 4.69) is 15.9 Å². The number of fused-ring (bicyclic) bond motifs is 4. The predicted octanol–water partition coefficient (Wildman–Crippen LogP) is 2.84. The Morgan fingerprint density at radius 3 is 2.18 bits per heavy atom. The lowest BCUT2D eigenvalue weighted by Crippen LogP contribution is -2.43. The molecule has 2 heterocycles. The number of ether oxygens (including phenoxy) is 1. The number of hydrogen-bond donors (Lipinski definition) is 1. The first-order chi connectivity index (χ1) is 16.2. The number of phenols is 1. The van der Waals surface area contributed by atoms with E-state index >= 15 is 0 Å². The van der Waals surface area contributed by atoms with Crippen molar-refractivity contribution in [2.75, 3.05) is 20.2 Å². The molecular formula is C25H27BrN2O6. The molecule has 0 radical (unpaired) electrons. The van der Waals surface area contributed by atoms with E-state index in [0.29, 0.717) is 29.4 Å². The Morgan fingerprint density at radius 1 is 0.941 bits per heavy atom. The minimum absolute atomic E-state index is 0.0858. The number of aromatic hydroxyl groups is 1. The Bertz CT molecular complexity index is 1150. The van der Waals surface area contributed by atoms with Crippen molar-refractivity contribution in [2.24, 2.45) is 29.6 Å². The number of allylic oxidation sites excluding steroid dienone is 2. The maximum atomic E-state index is 13.5. The Hall–Kier alpha value is -2.68. The summed E-state index contributed by atoms with van der Waals surface area (Å²) in [6, 6.07) is 3.39. The van der Waals surface area contributed by atoms with Crippen LogP contribution in [0.2, 0.25) is 0 Å². The smallest absolute Gasteiger partial charge is 0.234 e. The molecule has 0 bridgehead atoms. The molecule has 0 spiro atoms. The Labute approximate surface area is 206 Å². The molecule has 1 N–H and O–H groups in total. The number of rotatable bonds is 4. The van der Waals surface area contributed by atoms with E-state index in [4.69, 9.17) is 4.74 Å². The quantitative estimate of drug-likeness (QED) is 0.474. The number of imide groups is 2. The number of carbonyl (C=O) groups is 4. The van der Waals surface area contributed by atoms with Crippen molar-refractivity contribution in [3.63, 3.8) is 0 Å². The summed E-state index contributed by atoms with van der Waals surface area (Å²) in [6.07, 6.45) is 2.71. The Morgan fingerprint density at radius 2 is 1.56 bits per heavy atom. The Balaban J connectivity index is 1.70.